The summed E-state index contributed by atoms with van der Waals surface area (Å²) in [6.45, 7) is 0. The predicted molar refractivity (Wildman–Crippen MR) is 80.1 cm³/mol. The molecule has 4 fully saturated rings. The molecule has 0 atom stereocenters. The van der Waals surface area contributed by atoms with E-state index < -0.39 is 0 Å². The molecule has 1 nitrogen and oxygen atoms in total. The Kier molecular flexibility index (Phi) is 7.72. The molecule has 0 amide bonds. The van der Waals surface area contributed by atoms with Crippen molar-refractivity contribution in [2.45, 2.75) is 44.1 Å². The molecule has 0 aliphatic heterocycles. The fraction of sp³-hybridized carbons (Fsp3) is 0.588. The standard InChI is InChI=1S/C10H16N.C5H5.2CH3.Ti/c11-10-4-7-1-8(5-10)3-9(2-7)6-10;1-2-4-5-3-1;;;/h7-9,11H,1-6H2;1-5H;2*1H3;/q4*-1;+4. The fourth-order valence-corrected chi connectivity index (χ4v) is 4.43. The van der Waals surface area contributed by atoms with Gasteiger partial charge in [-0.05, 0) is 37.0 Å². The van der Waals surface area contributed by atoms with E-state index in [-0.39, 0.29) is 42.1 Å². The summed E-state index contributed by atoms with van der Waals surface area (Å²) >= 11 is 0. The third kappa shape index (κ3) is 4.51. The van der Waals surface area contributed by atoms with Gasteiger partial charge in [-0.15, -0.1) is 5.54 Å². The van der Waals surface area contributed by atoms with Gasteiger partial charge < -0.3 is 20.6 Å². The normalized spacial score (nSPS) is 37.0. The summed E-state index contributed by atoms with van der Waals surface area (Å²) in [6, 6.07) is 10.0. The van der Waals surface area contributed by atoms with Crippen molar-refractivity contribution in [3.8, 4) is 0 Å². The second-order valence-corrected chi connectivity index (χ2v) is 6.16. The molecule has 4 bridgehead atoms. The Bertz CT molecular complexity index is 279. The Morgan fingerprint density at radius 2 is 1.21 bits per heavy atom. The van der Waals surface area contributed by atoms with Gasteiger partial charge in [0.25, 0.3) is 0 Å². The molecule has 0 saturated heterocycles. The van der Waals surface area contributed by atoms with Crippen molar-refractivity contribution in [3.63, 3.8) is 0 Å². The number of hydrogen-bond donors (Lipinski definition) is 0. The molecule has 4 aliphatic rings. The summed E-state index contributed by atoms with van der Waals surface area (Å²) in [7, 11) is 0. The molecule has 104 valence electrons. The van der Waals surface area contributed by atoms with Gasteiger partial charge >= 0.3 is 21.7 Å². The van der Waals surface area contributed by atoms with Crippen LogP contribution in [0.1, 0.15) is 38.5 Å². The summed E-state index contributed by atoms with van der Waals surface area (Å²) in [6.07, 6.45) is 8.12. The molecule has 0 aromatic heterocycles. The second-order valence-electron chi connectivity index (χ2n) is 6.16. The van der Waals surface area contributed by atoms with Crippen molar-refractivity contribution >= 4 is 0 Å². The minimum atomic E-state index is 0. The van der Waals surface area contributed by atoms with E-state index in [4.69, 9.17) is 5.73 Å². The van der Waals surface area contributed by atoms with Crippen molar-refractivity contribution in [2.24, 2.45) is 17.8 Å². The van der Waals surface area contributed by atoms with Crippen molar-refractivity contribution in [2.75, 3.05) is 0 Å². The van der Waals surface area contributed by atoms with Crippen molar-refractivity contribution in [1.82, 2.24) is 0 Å². The Labute approximate surface area is 134 Å². The van der Waals surface area contributed by atoms with Gasteiger partial charge in [0.05, 0.1) is 0 Å². The van der Waals surface area contributed by atoms with E-state index >= 15 is 0 Å². The first-order valence-electron chi connectivity index (χ1n) is 6.65. The van der Waals surface area contributed by atoms with Gasteiger partial charge in [-0.25, -0.2) is 12.1 Å². The maximum Gasteiger partial charge on any atom is 4.00 e. The molecule has 0 radical (unpaired) electrons. The van der Waals surface area contributed by atoms with E-state index in [1.54, 1.807) is 0 Å². The molecule has 5 rings (SSSR count). The molecule has 0 spiro atoms. The van der Waals surface area contributed by atoms with Crippen molar-refractivity contribution < 1.29 is 21.7 Å². The van der Waals surface area contributed by atoms with Crippen LogP contribution in [0.5, 0.6) is 0 Å². The molecule has 0 heterocycles. The van der Waals surface area contributed by atoms with Crippen LogP contribution in [0.15, 0.2) is 30.3 Å². The molecule has 4 aliphatic carbocycles. The SMILES string of the molecule is [CH3-].[CH3-].[NH-]C12CC3CC(CC(C3)C1)C2.[Ti+4].c1cc[cH-]c1. The molecule has 2 heteroatoms. The summed E-state index contributed by atoms with van der Waals surface area (Å²) in [5.74, 6) is 2.87. The zero-order chi connectivity index (χ0) is 11.0. The summed E-state index contributed by atoms with van der Waals surface area (Å²) < 4.78 is 0. The van der Waals surface area contributed by atoms with Crippen LogP contribution in [0.2, 0.25) is 0 Å². The smallest absolute Gasteiger partial charge is 0.672 e. The number of hydrogen-bond acceptors (Lipinski definition) is 0. The van der Waals surface area contributed by atoms with Crippen LogP contribution in [0.3, 0.4) is 0 Å². The van der Waals surface area contributed by atoms with E-state index in [1.165, 1.54) is 38.5 Å². The number of rotatable bonds is 0. The molecule has 4 saturated carbocycles. The Morgan fingerprint density at radius 3 is 1.42 bits per heavy atom. The third-order valence-electron chi connectivity index (χ3n) is 4.59. The van der Waals surface area contributed by atoms with E-state index in [9.17, 15) is 0 Å². The molecule has 0 unspecified atom stereocenters. The van der Waals surface area contributed by atoms with Gasteiger partial charge in [0.2, 0.25) is 0 Å². The molecular weight excluding hydrogens is 266 g/mol. The van der Waals surface area contributed by atoms with E-state index in [2.05, 4.69) is 0 Å². The minimum absolute atomic E-state index is 0. The maximum absolute atomic E-state index is 8.21. The summed E-state index contributed by atoms with van der Waals surface area (Å²) in [4.78, 5) is 0. The van der Waals surface area contributed by atoms with E-state index in [1.807, 2.05) is 30.3 Å². The quantitative estimate of drug-likeness (QED) is 0.457. The van der Waals surface area contributed by atoms with Crippen LogP contribution in [0, 0.1) is 32.6 Å². The van der Waals surface area contributed by atoms with Gasteiger partial charge in [0.1, 0.15) is 0 Å². The van der Waals surface area contributed by atoms with Gasteiger partial charge in [-0.1, -0.05) is 19.3 Å². The van der Waals surface area contributed by atoms with Gasteiger partial charge in [-0.2, -0.15) is 18.2 Å². The topological polar surface area (TPSA) is 23.8 Å². The molecule has 19 heavy (non-hydrogen) atoms. The number of nitrogens with one attached hydrogen (secondary N) is 1. The largest absolute Gasteiger partial charge is 4.00 e. The second kappa shape index (κ2) is 7.71. The van der Waals surface area contributed by atoms with Crippen molar-refractivity contribution in [3.05, 3.63) is 50.9 Å². The van der Waals surface area contributed by atoms with Gasteiger partial charge in [-0.3, -0.25) is 0 Å². The first kappa shape index (κ1) is 19.0. The molecular formula is C17H27NTi. The summed E-state index contributed by atoms with van der Waals surface area (Å²) in [5, 5.41) is 0. The Balaban J connectivity index is 0.000000357. The molecule has 1 N–H and O–H groups in total. The third-order valence-corrected chi connectivity index (χ3v) is 4.59. The zero-order valence-electron chi connectivity index (χ0n) is 12.4. The van der Waals surface area contributed by atoms with Crippen LogP contribution in [-0.4, -0.2) is 5.54 Å². The van der Waals surface area contributed by atoms with Crippen LogP contribution in [0.25, 0.3) is 5.73 Å². The monoisotopic (exact) mass is 293 g/mol. The first-order valence-corrected chi connectivity index (χ1v) is 6.65. The van der Waals surface area contributed by atoms with Gasteiger partial charge in [0, 0.05) is 0 Å². The zero-order valence-corrected chi connectivity index (χ0v) is 13.9. The van der Waals surface area contributed by atoms with E-state index in [0.717, 1.165) is 17.8 Å². The molecule has 1 aromatic rings. The van der Waals surface area contributed by atoms with E-state index in [0.29, 0.717) is 0 Å². The fourth-order valence-electron chi connectivity index (χ4n) is 4.43. The summed E-state index contributed by atoms with van der Waals surface area (Å²) in [5.41, 5.74) is 8.26. The minimum Gasteiger partial charge on any atom is -0.672 e. The van der Waals surface area contributed by atoms with Crippen LogP contribution in [0.4, 0.5) is 0 Å². The Morgan fingerprint density at radius 1 is 0.842 bits per heavy atom. The van der Waals surface area contributed by atoms with Crippen LogP contribution >= 0.6 is 0 Å². The first-order chi connectivity index (χ1) is 7.73. The maximum atomic E-state index is 8.21. The van der Waals surface area contributed by atoms with Gasteiger partial charge in [0.15, 0.2) is 0 Å². The van der Waals surface area contributed by atoms with Crippen LogP contribution < -0.4 is 0 Å². The van der Waals surface area contributed by atoms with Crippen LogP contribution in [-0.2, 0) is 21.7 Å². The average Bonchev–Trinajstić information content (AvgIpc) is 2.70. The van der Waals surface area contributed by atoms with Crippen molar-refractivity contribution in [1.29, 1.82) is 0 Å². The predicted octanol–water partition coefficient (Wildman–Crippen LogP) is 5.31. The molecule has 1 aromatic carbocycles. The average molecular weight is 293 g/mol. The Hall–Kier alpha value is 0.0243.